The molecule has 0 radical (unpaired) electrons. The molecule has 0 saturated carbocycles. The van der Waals surface area contributed by atoms with Crippen molar-refractivity contribution in [2.24, 2.45) is 0 Å². The molecule has 0 aliphatic heterocycles. The number of ether oxygens (including phenoxy) is 2. The van der Waals surface area contributed by atoms with Crippen molar-refractivity contribution in [3.8, 4) is 11.5 Å². The van der Waals surface area contributed by atoms with Gasteiger partial charge < -0.3 is 14.8 Å². The molecule has 3 aromatic rings. The Kier molecular flexibility index (Phi) is 7.95. The minimum atomic E-state index is -0.303. The fraction of sp³-hybridized carbons (Fsp3) is 0.250. The van der Waals surface area contributed by atoms with Gasteiger partial charge in [0.25, 0.3) is 0 Å². The van der Waals surface area contributed by atoms with E-state index < -0.39 is 0 Å². The van der Waals surface area contributed by atoms with Gasteiger partial charge in [0.1, 0.15) is 11.5 Å². The lowest BCUT2D eigenvalue weighted by molar-refractivity contribution is -0.113. The summed E-state index contributed by atoms with van der Waals surface area (Å²) in [7, 11) is 1.60. The van der Waals surface area contributed by atoms with Crippen LogP contribution in [0.15, 0.2) is 58.5 Å². The molecule has 0 bridgehead atoms. The Morgan fingerprint density at radius 1 is 1.23 bits per heavy atom. The molecule has 2 aromatic carbocycles. The van der Waals surface area contributed by atoms with Gasteiger partial charge in [-0.1, -0.05) is 35.5 Å². The molecule has 1 aromatic heterocycles. The summed E-state index contributed by atoms with van der Waals surface area (Å²) >= 11 is 7.28. The Morgan fingerprint density at radius 3 is 2.73 bits per heavy atom. The number of amides is 1. The number of para-hydroxylation sites is 1. The SMILES string of the molecule is COCCCn1c(SCC(=O)Nc2ccc(Oc3ccccc3Cl)cc2)n[nH]c1=O. The third kappa shape index (κ3) is 6.12. The van der Waals surface area contributed by atoms with Crippen LogP contribution in [0.2, 0.25) is 5.02 Å². The highest BCUT2D eigenvalue weighted by Gasteiger charge is 2.12. The normalized spacial score (nSPS) is 10.7. The van der Waals surface area contributed by atoms with Crippen molar-refractivity contribution in [2.45, 2.75) is 18.1 Å². The van der Waals surface area contributed by atoms with Crippen LogP contribution in [0.1, 0.15) is 6.42 Å². The first-order chi connectivity index (χ1) is 14.6. The number of hydrogen-bond donors (Lipinski definition) is 2. The lowest BCUT2D eigenvalue weighted by atomic mass is 10.3. The molecule has 0 aliphatic carbocycles. The molecule has 10 heteroatoms. The molecular weight excluding hydrogens is 428 g/mol. The summed E-state index contributed by atoms with van der Waals surface area (Å²) in [6.45, 7) is 1.01. The van der Waals surface area contributed by atoms with E-state index in [1.54, 1.807) is 43.5 Å². The van der Waals surface area contributed by atoms with Gasteiger partial charge in [0.15, 0.2) is 5.16 Å². The molecule has 0 atom stereocenters. The Labute approximate surface area is 182 Å². The Bertz CT molecular complexity index is 1040. The van der Waals surface area contributed by atoms with Crippen LogP contribution < -0.4 is 15.7 Å². The molecule has 3 rings (SSSR count). The molecular formula is C20H21ClN4O4S. The van der Waals surface area contributed by atoms with E-state index in [0.29, 0.717) is 46.9 Å². The molecule has 0 aliphatic rings. The summed E-state index contributed by atoms with van der Waals surface area (Å²) in [6, 6.07) is 14.2. The number of nitrogens with one attached hydrogen (secondary N) is 2. The quantitative estimate of drug-likeness (QED) is 0.361. The molecule has 30 heavy (non-hydrogen) atoms. The van der Waals surface area contributed by atoms with Gasteiger partial charge in [-0.3, -0.25) is 9.36 Å². The Balaban J connectivity index is 1.52. The van der Waals surface area contributed by atoms with E-state index in [0.717, 1.165) is 0 Å². The van der Waals surface area contributed by atoms with Crippen LogP contribution in [-0.4, -0.2) is 40.1 Å². The van der Waals surface area contributed by atoms with Crippen molar-refractivity contribution in [1.29, 1.82) is 0 Å². The van der Waals surface area contributed by atoms with E-state index in [-0.39, 0.29) is 17.3 Å². The number of hydrogen-bond acceptors (Lipinski definition) is 6. The number of halogens is 1. The number of rotatable bonds is 10. The van der Waals surface area contributed by atoms with Gasteiger partial charge in [-0.25, -0.2) is 9.89 Å². The van der Waals surface area contributed by atoms with E-state index in [1.165, 1.54) is 16.3 Å². The van der Waals surface area contributed by atoms with Crippen LogP contribution in [0, 0.1) is 0 Å². The third-order valence-corrected chi connectivity index (χ3v) is 5.28. The Morgan fingerprint density at radius 2 is 2.00 bits per heavy atom. The average molecular weight is 449 g/mol. The van der Waals surface area contributed by atoms with Crippen LogP contribution in [0.4, 0.5) is 5.69 Å². The smallest absolute Gasteiger partial charge is 0.343 e. The van der Waals surface area contributed by atoms with Gasteiger partial charge in [-0.15, -0.1) is 5.10 Å². The molecule has 0 spiro atoms. The second-order valence-corrected chi connectivity index (χ2v) is 7.55. The standard InChI is InChI=1S/C20H21ClN4O4S/c1-28-12-4-11-25-19(27)23-24-20(25)30-13-18(26)22-14-7-9-15(10-8-14)29-17-6-3-2-5-16(17)21/h2-3,5-10H,4,11-13H2,1H3,(H,22,26)(H,23,27). The lowest BCUT2D eigenvalue weighted by Gasteiger charge is -2.09. The van der Waals surface area contributed by atoms with Gasteiger partial charge in [-0.05, 0) is 42.8 Å². The van der Waals surface area contributed by atoms with Crippen molar-refractivity contribution >= 4 is 35.0 Å². The highest BCUT2D eigenvalue weighted by molar-refractivity contribution is 7.99. The maximum Gasteiger partial charge on any atom is 0.343 e. The van der Waals surface area contributed by atoms with Crippen molar-refractivity contribution in [1.82, 2.24) is 14.8 Å². The summed E-state index contributed by atoms with van der Waals surface area (Å²) in [5, 5.41) is 10.2. The molecule has 158 valence electrons. The summed E-state index contributed by atoms with van der Waals surface area (Å²) < 4.78 is 12.2. The first kappa shape index (κ1) is 21.9. The highest BCUT2D eigenvalue weighted by atomic mass is 35.5. The minimum Gasteiger partial charge on any atom is -0.456 e. The van der Waals surface area contributed by atoms with Gasteiger partial charge in [0, 0.05) is 25.9 Å². The lowest BCUT2D eigenvalue weighted by Crippen LogP contribution is -2.19. The average Bonchev–Trinajstić information content (AvgIpc) is 3.09. The predicted molar refractivity (Wildman–Crippen MR) is 117 cm³/mol. The zero-order valence-electron chi connectivity index (χ0n) is 16.3. The number of thioether (sulfide) groups is 1. The number of carbonyl (C=O) groups excluding carboxylic acids is 1. The minimum absolute atomic E-state index is 0.118. The molecule has 0 saturated heterocycles. The molecule has 0 unspecified atom stereocenters. The van der Waals surface area contributed by atoms with Crippen molar-refractivity contribution in [2.75, 3.05) is 24.8 Å². The van der Waals surface area contributed by atoms with Crippen molar-refractivity contribution < 1.29 is 14.3 Å². The van der Waals surface area contributed by atoms with E-state index in [4.69, 9.17) is 21.1 Å². The number of carbonyl (C=O) groups is 1. The summed E-state index contributed by atoms with van der Waals surface area (Å²) in [6.07, 6.45) is 0.679. The zero-order valence-corrected chi connectivity index (χ0v) is 17.8. The fourth-order valence-electron chi connectivity index (χ4n) is 2.57. The van der Waals surface area contributed by atoms with Crippen molar-refractivity contribution in [3.05, 3.63) is 64.0 Å². The first-order valence-corrected chi connectivity index (χ1v) is 10.5. The van der Waals surface area contributed by atoms with Crippen LogP contribution in [0.5, 0.6) is 11.5 Å². The topological polar surface area (TPSA) is 98.2 Å². The number of aromatic nitrogens is 3. The second-order valence-electron chi connectivity index (χ2n) is 6.20. The van der Waals surface area contributed by atoms with Gasteiger partial charge in [-0.2, -0.15) is 0 Å². The largest absolute Gasteiger partial charge is 0.456 e. The summed E-state index contributed by atoms with van der Waals surface area (Å²) in [5.74, 6) is 1.07. The predicted octanol–water partition coefficient (Wildman–Crippen LogP) is 3.78. The molecule has 0 fully saturated rings. The molecule has 1 amide bonds. The number of aromatic amines is 1. The third-order valence-electron chi connectivity index (χ3n) is 3.99. The van der Waals surface area contributed by atoms with Gasteiger partial charge >= 0.3 is 5.69 Å². The number of nitrogens with zero attached hydrogens (tertiary/aromatic N) is 2. The van der Waals surface area contributed by atoms with E-state index in [9.17, 15) is 9.59 Å². The number of methoxy groups -OCH3 is 1. The first-order valence-electron chi connectivity index (χ1n) is 9.16. The van der Waals surface area contributed by atoms with E-state index >= 15 is 0 Å². The van der Waals surface area contributed by atoms with Gasteiger partial charge in [0.05, 0.1) is 10.8 Å². The molecule has 2 N–H and O–H groups in total. The van der Waals surface area contributed by atoms with Crippen molar-refractivity contribution in [3.63, 3.8) is 0 Å². The molecule has 8 nitrogen and oxygen atoms in total. The maximum atomic E-state index is 12.3. The highest BCUT2D eigenvalue weighted by Crippen LogP contribution is 2.29. The van der Waals surface area contributed by atoms with E-state index in [2.05, 4.69) is 15.5 Å². The number of H-pyrrole nitrogens is 1. The van der Waals surface area contributed by atoms with E-state index in [1.807, 2.05) is 12.1 Å². The van der Waals surface area contributed by atoms with Crippen LogP contribution in [0.3, 0.4) is 0 Å². The molecule has 1 heterocycles. The number of anilines is 1. The van der Waals surface area contributed by atoms with Gasteiger partial charge in [0.2, 0.25) is 5.91 Å². The monoisotopic (exact) mass is 448 g/mol. The number of benzene rings is 2. The van der Waals surface area contributed by atoms with Crippen LogP contribution in [-0.2, 0) is 16.1 Å². The fourth-order valence-corrected chi connectivity index (χ4v) is 3.51. The summed E-state index contributed by atoms with van der Waals surface area (Å²) in [5.41, 5.74) is 0.328. The zero-order chi connectivity index (χ0) is 21.3. The maximum absolute atomic E-state index is 12.3. The van der Waals surface area contributed by atoms with Crippen LogP contribution >= 0.6 is 23.4 Å². The summed E-state index contributed by atoms with van der Waals surface area (Å²) in [4.78, 5) is 24.1. The second kappa shape index (κ2) is 10.9. The van der Waals surface area contributed by atoms with Crippen LogP contribution in [0.25, 0.3) is 0 Å². The Hall–Kier alpha value is -2.75.